The van der Waals surface area contributed by atoms with E-state index in [1.165, 1.54) is 23.8 Å². The van der Waals surface area contributed by atoms with Crippen LogP contribution in [0, 0.1) is 0 Å². The van der Waals surface area contributed by atoms with Crippen LogP contribution in [0.15, 0.2) is 54.6 Å². The lowest BCUT2D eigenvalue weighted by Crippen LogP contribution is -2.48. The summed E-state index contributed by atoms with van der Waals surface area (Å²) in [6, 6.07) is 14.4. The number of benzene rings is 2. The molecule has 5 nitrogen and oxygen atoms in total. The van der Waals surface area contributed by atoms with Crippen LogP contribution < -0.4 is 0 Å². The number of nitrogens with zero attached hydrogens (tertiary/aromatic N) is 2. The molecule has 5 heteroatoms. The number of rotatable bonds is 4. The highest BCUT2D eigenvalue weighted by atomic mass is 16.3. The molecule has 1 aliphatic rings. The Balaban J connectivity index is 1.50. The zero-order valence-electron chi connectivity index (χ0n) is 14.0. The molecule has 1 heterocycles. The lowest BCUT2D eigenvalue weighted by molar-refractivity contribution is 0.0650. The number of phenols is 2. The van der Waals surface area contributed by atoms with E-state index in [1.807, 2.05) is 18.2 Å². The third-order valence-electron chi connectivity index (χ3n) is 4.36. The van der Waals surface area contributed by atoms with Gasteiger partial charge in [0.05, 0.1) is 0 Å². The maximum absolute atomic E-state index is 12.5. The number of carbonyl (C=O) groups is 1. The Hall–Kier alpha value is -2.79. The van der Waals surface area contributed by atoms with Gasteiger partial charge in [-0.25, -0.2) is 0 Å². The van der Waals surface area contributed by atoms with Gasteiger partial charge in [-0.15, -0.1) is 0 Å². The van der Waals surface area contributed by atoms with Crippen molar-refractivity contribution in [2.75, 3.05) is 32.7 Å². The van der Waals surface area contributed by atoms with Crippen LogP contribution in [0.5, 0.6) is 11.5 Å². The van der Waals surface area contributed by atoms with Gasteiger partial charge < -0.3 is 15.1 Å². The molecule has 1 aliphatic heterocycles. The minimum atomic E-state index is -0.268. The number of piperazine rings is 1. The number of phenolic OH excluding ortho intramolecular Hbond substituents is 2. The average molecular weight is 338 g/mol. The molecule has 0 aliphatic carbocycles. The lowest BCUT2D eigenvalue weighted by atomic mass is 10.1. The molecule has 0 radical (unpaired) electrons. The van der Waals surface area contributed by atoms with Gasteiger partial charge >= 0.3 is 0 Å². The summed E-state index contributed by atoms with van der Waals surface area (Å²) in [7, 11) is 0. The Kier molecular flexibility index (Phi) is 5.36. The van der Waals surface area contributed by atoms with Gasteiger partial charge in [0.1, 0.15) is 0 Å². The molecular formula is C20H22N2O3. The van der Waals surface area contributed by atoms with Crippen molar-refractivity contribution in [2.24, 2.45) is 0 Å². The minimum absolute atomic E-state index is 0.116. The van der Waals surface area contributed by atoms with Gasteiger partial charge in [-0.2, -0.15) is 0 Å². The highest BCUT2D eigenvalue weighted by Gasteiger charge is 2.22. The second-order valence-electron chi connectivity index (χ2n) is 6.11. The van der Waals surface area contributed by atoms with Gasteiger partial charge in [-0.05, 0) is 23.8 Å². The first-order valence-electron chi connectivity index (χ1n) is 8.39. The summed E-state index contributed by atoms with van der Waals surface area (Å²) in [4.78, 5) is 16.6. The molecule has 0 spiro atoms. The molecular weight excluding hydrogens is 316 g/mol. The highest BCUT2D eigenvalue weighted by Crippen LogP contribution is 2.25. The summed E-state index contributed by atoms with van der Waals surface area (Å²) in [5, 5.41) is 18.9. The molecule has 0 atom stereocenters. The predicted octanol–water partition coefficient (Wildman–Crippen LogP) is 2.57. The van der Waals surface area contributed by atoms with Gasteiger partial charge in [-0.3, -0.25) is 9.69 Å². The van der Waals surface area contributed by atoms with E-state index in [-0.39, 0.29) is 17.4 Å². The molecule has 2 aromatic carbocycles. The van der Waals surface area contributed by atoms with E-state index in [2.05, 4.69) is 29.2 Å². The van der Waals surface area contributed by atoms with E-state index in [0.29, 0.717) is 18.7 Å². The fourth-order valence-corrected chi connectivity index (χ4v) is 2.87. The van der Waals surface area contributed by atoms with E-state index in [0.717, 1.165) is 19.6 Å². The monoisotopic (exact) mass is 338 g/mol. The van der Waals surface area contributed by atoms with Crippen LogP contribution in [-0.2, 0) is 0 Å². The van der Waals surface area contributed by atoms with Crippen molar-refractivity contribution in [3.05, 3.63) is 65.7 Å². The number of hydrogen-bond acceptors (Lipinski definition) is 4. The summed E-state index contributed by atoms with van der Waals surface area (Å²) in [5.74, 6) is -0.600. The molecule has 1 saturated heterocycles. The lowest BCUT2D eigenvalue weighted by Gasteiger charge is -2.34. The topological polar surface area (TPSA) is 64.0 Å². The van der Waals surface area contributed by atoms with Crippen LogP contribution in [0.1, 0.15) is 15.9 Å². The minimum Gasteiger partial charge on any atom is -0.504 e. The van der Waals surface area contributed by atoms with E-state index in [9.17, 15) is 15.0 Å². The van der Waals surface area contributed by atoms with E-state index >= 15 is 0 Å². The molecule has 2 aromatic rings. The van der Waals surface area contributed by atoms with Crippen LogP contribution >= 0.6 is 0 Å². The summed E-state index contributed by atoms with van der Waals surface area (Å²) in [6.45, 7) is 3.79. The molecule has 2 N–H and O–H groups in total. The SMILES string of the molecule is O=C(c1ccc(O)c(O)c1)N1CCN(C/C=C/c2ccccc2)CC1. The highest BCUT2D eigenvalue weighted by molar-refractivity contribution is 5.95. The second kappa shape index (κ2) is 7.85. The standard InChI is InChI=1S/C20H22N2O3/c23-18-9-8-17(15-19(18)24)20(25)22-13-11-21(12-14-22)10-4-7-16-5-2-1-3-6-16/h1-9,15,23-24H,10-14H2/b7-4+. The number of amides is 1. The smallest absolute Gasteiger partial charge is 0.254 e. The molecule has 0 saturated carbocycles. The average Bonchev–Trinajstić information content (AvgIpc) is 2.65. The Labute approximate surface area is 147 Å². The van der Waals surface area contributed by atoms with Crippen molar-refractivity contribution in [1.82, 2.24) is 9.80 Å². The van der Waals surface area contributed by atoms with E-state index in [4.69, 9.17) is 0 Å². The van der Waals surface area contributed by atoms with Crippen molar-refractivity contribution >= 4 is 12.0 Å². The normalized spacial score (nSPS) is 15.6. The van der Waals surface area contributed by atoms with E-state index < -0.39 is 0 Å². The van der Waals surface area contributed by atoms with Crippen molar-refractivity contribution < 1.29 is 15.0 Å². The maximum atomic E-state index is 12.5. The van der Waals surface area contributed by atoms with Crippen LogP contribution in [0.25, 0.3) is 6.08 Å². The first kappa shape index (κ1) is 17.0. The Bertz CT molecular complexity index is 751. The van der Waals surface area contributed by atoms with Gasteiger partial charge in [0.2, 0.25) is 0 Å². The van der Waals surface area contributed by atoms with Crippen LogP contribution in [0.2, 0.25) is 0 Å². The predicted molar refractivity (Wildman–Crippen MR) is 97.6 cm³/mol. The molecule has 3 rings (SSSR count). The maximum Gasteiger partial charge on any atom is 0.254 e. The summed E-state index contributed by atoms with van der Waals surface area (Å²) in [6.07, 6.45) is 4.25. The fourth-order valence-electron chi connectivity index (χ4n) is 2.87. The number of carbonyl (C=O) groups excluding carboxylic acids is 1. The molecule has 0 bridgehead atoms. The first-order chi connectivity index (χ1) is 12.1. The molecule has 1 amide bonds. The molecule has 130 valence electrons. The van der Waals surface area contributed by atoms with Crippen molar-refractivity contribution in [1.29, 1.82) is 0 Å². The van der Waals surface area contributed by atoms with Crippen molar-refractivity contribution in [2.45, 2.75) is 0 Å². The quantitative estimate of drug-likeness (QED) is 0.841. The zero-order chi connectivity index (χ0) is 17.6. The van der Waals surface area contributed by atoms with Gasteiger partial charge in [0, 0.05) is 38.3 Å². The molecule has 1 fully saturated rings. The van der Waals surface area contributed by atoms with E-state index in [1.54, 1.807) is 4.90 Å². The zero-order valence-corrected chi connectivity index (χ0v) is 14.0. The molecule has 25 heavy (non-hydrogen) atoms. The third kappa shape index (κ3) is 4.39. The largest absolute Gasteiger partial charge is 0.504 e. The summed E-state index contributed by atoms with van der Waals surface area (Å²) >= 11 is 0. The summed E-state index contributed by atoms with van der Waals surface area (Å²) in [5.41, 5.74) is 1.58. The van der Waals surface area contributed by atoms with Crippen LogP contribution in [0.4, 0.5) is 0 Å². The fraction of sp³-hybridized carbons (Fsp3) is 0.250. The van der Waals surface area contributed by atoms with Gasteiger partial charge in [0.15, 0.2) is 11.5 Å². The van der Waals surface area contributed by atoms with Crippen molar-refractivity contribution in [3.8, 4) is 11.5 Å². The van der Waals surface area contributed by atoms with Crippen LogP contribution in [-0.4, -0.2) is 58.6 Å². The Morgan fingerprint density at radius 2 is 1.68 bits per heavy atom. The Morgan fingerprint density at radius 1 is 0.960 bits per heavy atom. The number of aromatic hydroxyl groups is 2. The third-order valence-corrected chi connectivity index (χ3v) is 4.36. The van der Waals surface area contributed by atoms with Gasteiger partial charge in [0.25, 0.3) is 5.91 Å². The molecule has 0 unspecified atom stereocenters. The van der Waals surface area contributed by atoms with Crippen LogP contribution in [0.3, 0.4) is 0 Å². The summed E-state index contributed by atoms with van der Waals surface area (Å²) < 4.78 is 0. The second-order valence-corrected chi connectivity index (χ2v) is 6.11. The first-order valence-corrected chi connectivity index (χ1v) is 8.39. The van der Waals surface area contributed by atoms with Gasteiger partial charge in [-0.1, -0.05) is 42.5 Å². The van der Waals surface area contributed by atoms with Crippen molar-refractivity contribution in [3.63, 3.8) is 0 Å². The molecule has 0 aromatic heterocycles. The number of hydrogen-bond donors (Lipinski definition) is 2. The Morgan fingerprint density at radius 3 is 2.36 bits per heavy atom.